The summed E-state index contributed by atoms with van der Waals surface area (Å²) in [6.07, 6.45) is 7.93. The van der Waals surface area contributed by atoms with Crippen LogP contribution in [0.5, 0.6) is 11.5 Å². The topological polar surface area (TPSA) is 56.2 Å². The Morgan fingerprint density at radius 3 is 2.64 bits per heavy atom. The lowest BCUT2D eigenvalue weighted by Crippen LogP contribution is -2.32. The fourth-order valence-electron chi connectivity index (χ4n) is 3.72. The number of carbonyl (C=O) groups excluding carboxylic acids is 1. The first-order chi connectivity index (χ1) is 13.7. The summed E-state index contributed by atoms with van der Waals surface area (Å²) in [7, 11) is 0. The summed E-state index contributed by atoms with van der Waals surface area (Å²) in [6, 6.07) is 11.4. The summed E-state index contributed by atoms with van der Waals surface area (Å²) in [5.41, 5.74) is 1.62. The van der Waals surface area contributed by atoms with Crippen molar-refractivity contribution in [2.24, 2.45) is 5.92 Å². The number of rotatable bonds is 6. The zero-order valence-corrected chi connectivity index (χ0v) is 15.7. The van der Waals surface area contributed by atoms with Gasteiger partial charge in [0.05, 0.1) is 17.4 Å². The Hall–Kier alpha value is -2.89. The summed E-state index contributed by atoms with van der Waals surface area (Å²) >= 11 is 0. The van der Waals surface area contributed by atoms with Crippen molar-refractivity contribution in [3.8, 4) is 11.5 Å². The SMILES string of the molecule is O=C(Cn1cnc2ccc(Oc3ccc(F)cc3)cc21)NCC1CCCCC1. The van der Waals surface area contributed by atoms with E-state index in [1.165, 1.54) is 44.2 Å². The highest BCUT2D eigenvalue weighted by molar-refractivity contribution is 5.81. The Morgan fingerprint density at radius 2 is 1.86 bits per heavy atom. The quantitative estimate of drug-likeness (QED) is 0.675. The molecule has 0 spiro atoms. The molecule has 0 saturated heterocycles. The number of imidazole rings is 1. The van der Waals surface area contributed by atoms with E-state index in [9.17, 15) is 9.18 Å². The highest BCUT2D eigenvalue weighted by Gasteiger charge is 2.15. The van der Waals surface area contributed by atoms with Gasteiger partial charge in [-0.15, -0.1) is 0 Å². The maximum Gasteiger partial charge on any atom is 0.240 e. The zero-order valence-electron chi connectivity index (χ0n) is 15.7. The van der Waals surface area contributed by atoms with E-state index in [0.29, 0.717) is 17.4 Å². The van der Waals surface area contributed by atoms with Crippen LogP contribution in [0, 0.1) is 11.7 Å². The van der Waals surface area contributed by atoms with Gasteiger partial charge in [0.1, 0.15) is 23.9 Å². The van der Waals surface area contributed by atoms with Gasteiger partial charge < -0.3 is 14.6 Å². The zero-order chi connectivity index (χ0) is 19.3. The van der Waals surface area contributed by atoms with Crippen molar-refractivity contribution >= 4 is 16.9 Å². The Morgan fingerprint density at radius 1 is 1.11 bits per heavy atom. The second kappa shape index (κ2) is 8.42. The largest absolute Gasteiger partial charge is 0.457 e. The minimum atomic E-state index is -0.305. The number of hydrogen-bond donors (Lipinski definition) is 1. The minimum absolute atomic E-state index is 0.00488. The highest BCUT2D eigenvalue weighted by Crippen LogP contribution is 2.26. The second-order valence-corrected chi connectivity index (χ2v) is 7.39. The molecular formula is C22H24FN3O2. The molecule has 0 unspecified atom stereocenters. The van der Waals surface area contributed by atoms with Gasteiger partial charge in [0, 0.05) is 12.6 Å². The molecule has 0 aliphatic heterocycles. The van der Waals surface area contributed by atoms with Crippen molar-refractivity contribution in [1.29, 1.82) is 0 Å². The van der Waals surface area contributed by atoms with Crippen LogP contribution in [0.1, 0.15) is 32.1 Å². The van der Waals surface area contributed by atoms with Crippen LogP contribution in [0.3, 0.4) is 0 Å². The predicted octanol–water partition coefficient (Wildman–Crippen LogP) is 4.66. The number of nitrogens with zero attached hydrogens (tertiary/aromatic N) is 2. The smallest absolute Gasteiger partial charge is 0.240 e. The molecule has 1 aromatic heterocycles. The van der Waals surface area contributed by atoms with Gasteiger partial charge in [-0.25, -0.2) is 9.37 Å². The van der Waals surface area contributed by atoms with E-state index in [1.54, 1.807) is 18.5 Å². The lowest BCUT2D eigenvalue weighted by atomic mass is 9.89. The maximum absolute atomic E-state index is 13.0. The number of benzene rings is 2. The van der Waals surface area contributed by atoms with E-state index in [1.807, 2.05) is 22.8 Å². The minimum Gasteiger partial charge on any atom is -0.457 e. The number of amides is 1. The third-order valence-corrected chi connectivity index (χ3v) is 5.27. The van der Waals surface area contributed by atoms with Crippen LogP contribution in [0.2, 0.25) is 0 Å². The third-order valence-electron chi connectivity index (χ3n) is 5.27. The van der Waals surface area contributed by atoms with Crippen LogP contribution in [0.15, 0.2) is 48.8 Å². The second-order valence-electron chi connectivity index (χ2n) is 7.39. The van der Waals surface area contributed by atoms with Gasteiger partial charge in [0.25, 0.3) is 0 Å². The number of nitrogens with one attached hydrogen (secondary N) is 1. The van der Waals surface area contributed by atoms with Crippen LogP contribution in [0.25, 0.3) is 11.0 Å². The normalized spacial score (nSPS) is 14.9. The Kier molecular flexibility index (Phi) is 5.55. The van der Waals surface area contributed by atoms with E-state index < -0.39 is 0 Å². The monoisotopic (exact) mass is 381 g/mol. The number of fused-ring (bicyclic) bond motifs is 1. The molecule has 146 valence electrons. The van der Waals surface area contributed by atoms with Gasteiger partial charge in [-0.1, -0.05) is 19.3 Å². The molecule has 6 heteroatoms. The lowest BCUT2D eigenvalue weighted by molar-refractivity contribution is -0.121. The summed E-state index contributed by atoms with van der Waals surface area (Å²) in [4.78, 5) is 16.7. The number of carbonyl (C=O) groups is 1. The van der Waals surface area contributed by atoms with Crippen molar-refractivity contribution in [3.05, 3.63) is 54.6 Å². The van der Waals surface area contributed by atoms with Crippen molar-refractivity contribution in [2.45, 2.75) is 38.6 Å². The molecule has 0 bridgehead atoms. The van der Waals surface area contributed by atoms with Crippen molar-refractivity contribution < 1.29 is 13.9 Å². The first-order valence-corrected chi connectivity index (χ1v) is 9.82. The van der Waals surface area contributed by atoms with Gasteiger partial charge in [-0.05, 0) is 55.2 Å². The summed E-state index contributed by atoms with van der Waals surface area (Å²) in [6.45, 7) is 0.980. The summed E-state index contributed by atoms with van der Waals surface area (Å²) in [5.74, 6) is 1.46. The predicted molar refractivity (Wildman–Crippen MR) is 106 cm³/mol. The van der Waals surface area contributed by atoms with Gasteiger partial charge in [-0.3, -0.25) is 4.79 Å². The summed E-state index contributed by atoms with van der Waals surface area (Å²) in [5, 5.41) is 3.06. The van der Waals surface area contributed by atoms with E-state index in [2.05, 4.69) is 10.3 Å². The molecule has 5 nitrogen and oxygen atoms in total. The number of ether oxygens (including phenoxy) is 1. The molecule has 28 heavy (non-hydrogen) atoms. The molecule has 1 amide bonds. The molecule has 3 aromatic rings. The summed E-state index contributed by atoms with van der Waals surface area (Å²) < 4.78 is 20.7. The third kappa shape index (κ3) is 4.50. The highest BCUT2D eigenvalue weighted by atomic mass is 19.1. The van der Waals surface area contributed by atoms with Crippen LogP contribution in [0.4, 0.5) is 4.39 Å². The standard InChI is InChI=1S/C22H24FN3O2/c23-17-6-8-18(9-7-17)28-19-10-11-20-21(12-19)26(15-25-20)14-22(27)24-13-16-4-2-1-3-5-16/h6-12,15-16H,1-5,13-14H2,(H,24,27). The Bertz CT molecular complexity index is 946. The van der Waals surface area contributed by atoms with E-state index >= 15 is 0 Å². The molecule has 2 aromatic carbocycles. The van der Waals surface area contributed by atoms with Crippen LogP contribution in [-0.4, -0.2) is 22.0 Å². The van der Waals surface area contributed by atoms with E-state index in [0.717, 1.165) is 17.6 Å². The first-order valence-electron chi connectivity index (χ1n) is 9.82. The molecule has 1 aliphatic carbocycles. The van der Waals surface area contributed by atoms with Crippen molar-refractivity contribution in [3.63, 3.8) is 0 Å². The van der Waals surface area contributed by atoms with Crippen LogP contribution in [-0.2, 0) is 11.3 Å². The Labute approximate surface area is 163 Å². The van der Waals surface area contributed by atoms with Crippen LogP contribution >= 0.6 is 0 Å². The maximum atomic E-state index is 13.0. The molecular weight excluding hydrogens is 357 g/mol. The van der Waals surface area contributed by atoms with Gasteiger partial charge in [0.2, 0.25) is 5.91 Å². The molecule has 4 rings (SSSR count). The molecule has 1 fully saturated rings. The first kappa shape index (κ1) is 18.5. The van der Waals surface area contributed by atoms with E-state index in [4.69, 9.17) is 4.74 Å². The molecule has 0 atom stereocenters. The van der Waals surface area contributed by atoms with E-state index in [-0.39, 0.29) is 18.3 Å². The number of aromatic nitrogens is 2. The molecule has 0 radical (unpaired) electrons. The van der Waals surface area contributed by atoms with Gasteiger partial charge >= 0.3 is 0 Å². The molecule has 1 N–H and O–H groups in total. The molecule has 1 aliphatic rings. The van der Waals surface area contributed by atoms with Gasteiger partial charge in [0.15, 0.2) is 0 Å². The lowest BCUT2D eigenvalue weighted by Gasteiger charge is -2.21. The van der Waals surface area contributed by atoms with Crippen molar-refractivity contribution in [1.82, 2.24) is 14.9 Å². The fourth-order valence-corrected chi connectivity index (χ4v) is 3.72. The fraction of sp³-hybridized carbons (Fsp3) is 0.364. The Balaban J connectivity index is 1.42. The van der Waals surface area contributed by atoms with Gasteiger partial charge in [-0.2, -0.15) is 0 Å². The van der Waals surface area contributed by atoms with Crippen LogP contribution < -0.4 is 10.1 Å². The average molecular weight is 381 g/mol. The molecule has 1 saturated carbocycles. The molecule has 1 heterocycles. The van der Waals surface area contributed by atoms with Crippen molar-refractivity contribution in [2.75, 3.05) is 6.54 Å². The number of halogens is 1. The number of hydrogen-bond acceptors (Lipinski definition) is 3. The average Bonchev–Trinajstić information content (AvgIpc) is 3.11.